The van der Waals surface area contributed by atoms with Gasteiger partial charge in [0.2, 0.25) is 0 Å². The van der Waals surface area contributed by atoms with Crippen molar-refractivity contribution in [3.05, 3.63) is 0 Å². The summed E-state index contributed by atoms with van der Waals surface area (Å²) in [4.78, 5) is 13.6. The van der Waals surface area contributed by atoms with Gasteiger partial charge < -0.3 is 5.11 Å². The number of carbonyl (C=O) groups is 1. The summed E-state index contributed by atoms with van der Waals surface area (Å²) in [5, 5.41) is 9.19. The SMILES string of the molecule is CC1CN(C2CC(C)(C)CC2C)CC1C(=O)O. The molecule has 0 aromatic heterocycles. The predicted octanol–water partition coefficient (Wildman–Crippen LogP) is 2.46. The Morgan fingerprint density at radius 2 is 1.82 bits per heavy atom. The normalized spacial score (nSPS) is 41.9. The quantitative estimate of drug-likeness (QED) is 0.804. The van der Waals surface area contributed by atoms with Gasteiger partial charge in [0.15, 0.2) is 0 Å². The lowest BCUT2D eigenvalue weighted by atomic mass is 9.91. The fraction of sp³-hybridized carbons (Fsp3) is 0.929. The van der Waals surface area contributed by atoms with Crippen LogP contribution in [0.1, 0.15) is 40.5 Å². The molecule has 1 saturated heterocycles. The summed E-state index contributed by atoms with van der Waals surface area (Å²) in [7, 11) is 0. The average molecular weight is 239 g/mol. The Morgan fingerprint density at radius 1 is 1.18 bits per heavy atom. The number of carboxylic acids is 1. The zero-order valence-electron chi connectivity index (χ0n) is 11.4. The van der Waals surface area contributed by atoms with E-state index < -0.39 is 5.97 Å². The van der Waals surface area contributed by atoms with Crippen molar-refractivity contribution in [1.29, 1.82) is 0 Å². The van der Waals surface area contributed by atoms with E-state index in [2.05, 4.69) is 32.6 Å². The maximum absolute atomic E-state index is 11.2. The third-order valence-electron chi connectivity index (χ3n) is 4.72. The maximum Gasteiger partial charge on any atom is 0.308 e. The molecule has 3 heteroatoms. The summed E-state index contributed by atoms with van der Waals surface area (Å²) in [6, 6.07) is 0.594. The minimum Gasteiger partial charge on any atom is -0.481 e. The largest absolute Gasteiger partial charge is 0.481 e. The van der Waals surface area contributed by atoms with Gasteiger partial charge in [0, 0.05) is 19.1 Å². The Balaban J connectivity index is 2.03. The predicted molar refractivity (Wildman–Crippen MR) is 67.8 cm³/mol. The molecule has 3 nitrogen and oxygen atoms in total. The van der Waals surface area contributed by atoms with Crippen molar-refractivity contribution in [3.8, 4) is 0 Å². The first-order valence-corrected chi connectivity index (χ1v) is 6.77. The van der Waals surface area contributed by atoms with Crippen molar-refractivity contribution in [2.24, 2.45) is 23.2 Å². The summed E-state index contributed by atoms with van der Waals surface area (Å²) in [5.41, 5.74) is 0.425. The number of hydrogen-bond donors (Lipinski definition) is 1. The van der Waals surface area contributed by atoms with Crippen LogP contribution in [-0.4, -0.2) is 35.1 Å². The van der Waals surface area contributed by atoms with E-state index in [1.807, 2.05) is 0 Å². The molecule has 98 valence electrons. The topological polar surface area (TPSA) is 40.5 Å². The van der Waals surface area contributed by atoms with Gasteiger partial charge in [-0.05, 0) is 30.1 Å². The summed E-state index contributed by atoms with van der Waals surface area (Å²) in [6.45, 7) is 10.8. The van der Waals surface area contributed by atoms with Crippen molar-refractivity contribution in [1.82, 2.24) is 4.90 Å². The standard InChI is InChI=1S/C14H25NO2/c1-9-5-14(3,4)6-12(9)15-7-10(2)11(8-15)13(16)17/h9-12H,5-8H2,1-4H3,(H,16,17). The molecule has 4 atom stereocenters. The lowest BCUT2D eigenvalue weighted by Gasteiger charge is -2.28. The van der Waals surface area contributed by atoms with Gasteiger partial charge in [-0.15, -0.1) is 0 Å². The van der Waals surface area contributed by atoms with Crippen LogP contribution in [0.2, 0.25) is 0 Å². The number of hydrogen-bond acceptors (Lipinski definition) is 2. The van der Waals surface area contributed by atoms with E-state index >= 15 is 0 Å². The van der Waals surface area contributed by atoms with Gasteiger partial charge in [-0.2, -0.15) is 0 Å². The molecule has 0 aromatic rings. The molecule has 0 bridgehead atoms. The van der Waals surface area contributed by atoms with E-state index in [0.29, 0.717) is 23.3 Å². The minimum absolute atomic E-state index is 0.161. The zero-order valence-corrected chi connectivity index (χ0v) is 11.4. The van der Waals surface area contributed by atoms with Gasteiger partial charge >= 0.3 is 5.97 Å². The monoisotopic (exact) mass is 239 g/mol. The Bertz CT molecular complexity index is 313. The Morgan fingerprint density at radius 3 is 2.24 bits per heavy atom. The number of nitrogens with zero attached hydrogens (tertiary/aromatic N) is 1. The number of carboxylic acid groups (broad SMARTS) is 1. The highest BCUT2D eigenvalue weighted by Gasteiger charge is 2.44. The molecule has 1 aliphatic heterocycles. The number of aliphatic carboxylic acids is 1. The van der Waals surface area contributed by atoms with Crippen LogP contribution >= 0.6 is 0 Å². The van der Waals surface area contributed by atoms with Gasteiger partial charge in [-0.25, -0.2) is 0 Å². The lowest BCUT2D eigenvalue weighted by Crippen LogP contribution is -2.36. The van der Waals surface area contributed by atoms with E-state index in [1.54, 1.807) is 0 Å². The molecule has 17 heavy (non-hydrogen) atoms. The molecule has 0 amide bonds. The van der Waals surface area contributed by atoms with Crippen LogP contribution in [0.25, 0.3) is 0 Å². The Labute approximate surface area is 104 Å². The highest BCUT2D eigenvalue weighted by molar-refractivity contribution is 5.71. The van der Waals surface area contributed by atoms with E-state index in [-0.39, 0.29) is 5.92 Å². The molecular formula is C14H25NO2. The molecule has 1 aliphatic carbocycles. The second-order valence-electron chi connectivity index (χ2n) is 6.99. The molecule has 2 rings (SSSR count). The van der Waals surface area contributed by atoms with Crippen LogP contribution in [0.5, 0.6) is 0 Å². The van der Waals surface area contributed by atoms with Crippen molar-refractivity contribution >= 4 is 5.97 Å². The van der Waals surface area contributed by atoms with E-state index in [9.17, 15) is 9.90 Å². The smallest absolute Gasteiger partial charge is 0.308 e. The molecule has 4 unspecified atom stereocenters. The number of likely N-dealkylation sites (tertiary alicyclic amines) is 1. The van der Waals surface area contributed by atoms with Gasteiger partial charge in [0.05, 0.1) is 5.92 Å². The highest BCUT2D eigenvalue weighted by Crippen LogP contribution is 2.44. The van der Waals surface area contributed by atoms with E-state index in [0.717, 1.165) is 13.1 Å². The fourth-order valence-corrected chi connectivity index (χ4v) is 3.94. The lowest BCUT2D eigenvalue weighted by molar-refractivity contribution is -0.142. The van der Waals surface area contributed by atoms with E-state index in [4.69, 9.17) is 0 Å². The highest BCUT2D eigenvalue weighted by atomic mass is 16.4. The second kappa shape index (κ2) is 4.27. The first kappa shape index (κ1) is 12.9. The van der Waals surface area contributed by atoms with Gasteiger partial charge in [-0.3, -0.25) is 9.69 Å². The minimum atomic E-state index is -0.620. The molecule has 0 spiro atoms. The van der Waals surface area contributed by atoms with Crippen LogP contribution in [0, 0.1) is 23.2 Å². The van der Waals surface area contributed by atoms with Crippen molar-refractivity contribution < 1.29 is 9.90 Å². The van der Waals surface area contributed by atoms with Crippen LogP contribution in [0.3, 0.4) is 0 Å². The molecule has 1 heterocycles. The van der Waals surface area contributed by atoms with Crippen molar-refractivity contribution in [3.63, 3.8) is 0 Å². The summed E-state index contributed by atoms with van der Waals surface area (Å²) < 4.78 is 0. The summed E-state index contributed by atoms with van der Waals surface area (Å²) in [6.07, 6.45) is 2.48. The van der Waals surface area contributed by atoms with Gasteiger partial charge in [0.25, 0.3) is 0 Å². The van der Waals surface area contributed by atoms with E-state index in [1.165, 1.54) is 12.8 Å². The molecular weight excluding hydrogens is 214 g/mol. The first-order chi connectivity index (χ1) is 7.80. The fourth-order valence-electron chi connectivity index (χ4n) is 3.94. The van der Waals surface area contributed by atoms with Crippen LogP contribution < -0.4 is 0 Å². The Hall–Kier alpha value is -0.570. The maximum atomic E-state index is 11.2. The molecule has 1 N–H and O–H groups in total. The van der Waals surface area contributed by atoms with Gasteiger partial charge in [-0.1, -0.05) is 27.7 Å². The summed E-state index contributed by atoms with van der Waals surface area (Å²) in [5.74, 6) is 0.212. The van der Waals surface area contributed by atoms with Crippen molar-refractivity contribution in [2.45, 2.75) is 46.6 Å². The Kier molecular flexibility index (Phi) is 3.23. The number of rotatable bonds is 2. The van der Waals surface area contributed by atoms with Gasteiger partial charge in [0.1, 0.15) is 0 Å². The third-order valence-corrected chi connectivity index (χ3v) is 4.72. The summed E-state index contributed by atoms with van der Waals surface area (Å²) >= 11 is 0. The van der Waals surface area contributed by atoms with Crippen molar-refractivity contribution in [2.75, 3.05) is 13.1 Å². The molecule has 2 aliphatic rings. The molecule has 2 fully saturated rings. The zero-order chi connectivity index (χ0) is 12.8. The van der Waals surface area contributed by atoms with Crippen LogP contribution in [-0.2, 0) is 4.79 Å². The molecule has 0 radical (unpaired) electrons. The average Bonchev–Trinajstić information content (AvgIpc) is 2.66. The second-order valence-corrected chi connectivity index (χ2v) is 6.99. The molecule has 0 aromatic carbocycles. The first-order valence-electron chi connectivity index (χ1n) is 6.77. The molecule has 1 saturated carbocycles. The van der Waals surface area contributed by atoms with Crippen LogP contribution in [0.15, 0.2) is 0 Å². The third kappa shape index (κ3) is 2.49. The van der Waals surface area contributed by atoms with Crippen LogP contribution in [0.4, 0.5) is 0 Å².